The molecule has 1 heteroatoms. The quantitative estimate of drug-likeness (QED) is 0.325. The molecule has 1 atom stereocenters. The normalized spacial score (nSPS) is 13.9. The molecule has 0 fully saturated rings. The Labute approximate surface area is 87.9 Å². The van der Waals surface area contributed by atoms with Gasteiger partial charge >= 0.3 is 0 Å². The zero-order chi connectivity index (χ0) is 10.6. The topological polar surface area (TPSA) is 17.1 Å². The maximum atomic E-state index is 10.1. The Morgan fingerprint density at radius 2 is 1.93 bits per heavy atom. The maximum Gasteiger partial charge on any atom is 0.119 e. The minimum absolute atomic E-state index is 0.655. The highest BCUT2D eigenvalue weighted by Crippen LogP contribution is 2.11. The van der Waals surface area contributed by atoms with Gasteiger partial charge in [-0.15, -0.1) is 0 Å². The number of allylic oxidation sites excluding steroid dienone is 4. The maximum absolute atomic E-state index is 10.1. The van der Waals surface area contributed by atoms with Crippen LogP contribution in [0.3, 0.4) is 0 Å². The Morgan fingerprint density at radius 3 is 2.57 bits per heavy atom. The molecule has 0 aromatic carbocycles. The predicted octanol–water partition coefficient (Wildman–Crippen LogP) is 3.90. The van der Waals surface area contributed by atoms with Gasteiger partial charge in [0.05, 0.1) is 0 Å². The van der Waals surface area contributed by atoms with Gasteiger partial charge in [0.15, 0.2) is 0 Å². The van der Waals surface area contributed by atoms with Crippen molar-refractivity contribution < 1.29 is 4.79 Å². The lowest BCUT2D eigenvalue weighted by atomic mass is 10.0. The molecule has 0 aromatic heterocycles. The minimum atomic E-state index is 0.655. The van der Waals surface area contributed by atoms with Crippen molar-refractivity contribution in [3.63, 3.8) is 0 Å². The van der Waals surface area contributed by atoms with Gasteiger partial charge in [0.1, 0.15) is 6.29 Å². The number of rotatable bonds is 8. The highest BCUT2D eigenvalue weighted by atomic mass is 16.1. The molecule has 0 aliphatic heterocycles. The zero-order valence-corrected chi connectivity index (χ0v) is 9.41. The number of unbranched alkanes of at least 4 members (excludes halogenated alkanes) is 3. The molecule has 0 rings (SSSR count). The second-order valence-electron chi connectivity index (χ2n) is 3.69. The van der Waals surface area contributed by atoms with Crippen LogP contribution in [0.1, 0.15) is 46.0 Å². The third-order valence-corrected chi connectivity index (χ3v) is 2.22. The van der Waals surface area contributed by atoms with E-state index in [1.54, 1.807) is 0 Å². The Balaban J connectivity index is 3.34. The molecule has 0 aliphatic carbocycles. The van der Waals surface area contributed by atoms with Crippen molar-refractivity contribution in [2.45, 2.75) is 46.0 Å². The number of hydrogen-bond donors (Lipinski definition) is 0. The summed E-state index contributed by atoms with van der Waals surface area (Å²) in [5.41, 5.74) is 0. The molecule has 0 saturated heterocycles. The summed E-state index contributed by atoms with van der Waals surface area (Å²) in [7, 11) is 0. The Bertz CT molecular complexity index is 180. The first kappa shape index (κ1) is 13.2. The van der Waals surface area contributed by atoms with Gasteiger partial charge in [-0.05, 0) is 25.7 Å². The molecule has 0 aromatic rings. The van der Waals surface area contributed by atoms with Crippen LogP contribution in [0.25, 0.3) is 0 Å². The highest BCUT2D eigenvalue weighted by Gasteiger charge is 1.95. The molecule has 0 radical (unpaired) electrons. The number of aldehydes is 1. The first-order valence-electron chi connectivity index (χ1n) is 5.54. The van der Waals surface area contributed by atoms with E-state index in [0.717, 1.165) is 19.1 Å². The van der Waals surface area contributed by atoms with Crippen molar-refractivity contribution in [2.24, 2.45) is 5.92 Å². The van der Waals surface area contributed by atoms with Crippen LogP contribution in [0.15, 0.2) is 24.3 Å². The highest BCUT2D eigenvalue weighted by molar-refractivity contribution is 5.48. The molecule has 0 saturated carbocycles. The van der Waals surface area contributed by atoms with Crippen LogP contribution in [0, 0.1) is 5.92 Å². The fourth-order valence-electron chi connectivity index (χ4n) is 1.33. The predicted molar refractivity (Wildman–Crippen MR) is 62.3 cm³/mol. The van der Waals surface area contributed by atoms with Gasteiger partial charge in [-0.2, -0.15) is 0 Å². The van der Waals surface area contributed by atoms with E-state index in [2.05, 4.69) is 25.2 Å². The van der Waals surface area contributed by atoms with Crippen LogP contribution < -0.4 is 0 Å². The van der Waals surface area contributed by atoms with Gasteiger partial charge < -0.3 is 4.79 Å². The smallest absolute Gasteiger partial charge is 0.119 e. The van der Waals surface area contributed by atoms with E-state index in [4.69, 9.17) is 0 Å². The fourth-order valence-corrected chi connectivity index (χ4v) is 1.33. The summed E-state index contributed by atoms with van der Waals surface area (Å²) >= 11 is 0. The van der Waals surface area contributed by atoms with E-state index in [1.807, 2.05) is 13.0 Å². The Morgan fingerprint density at radius 1 is 1.14 bits per heavy atom. The second kappa shape index (κ2) is 10.2. The van der Waals surface area contributed by atoms with Crippen molar-refractivity contribution in [3.05, 3.63) is 24.3 Å². The van der Waals surface area contributed by atoms with Gasteiger partial charge in [-0.1, -0.05) is 44.1 Å². The summed E-state index contributed by atoms with van der Waals surface area (Å²) in [5.74, 6) is 0.655. The lowest BCUT2D eigenvalue weighted by Crippen LogP contribution is -1.89. The van der Waals surface area contributed by atoms with Crippen LogP contribution in [-0.2, 0) is 4.79 Å². The Hall–Kier alpha value is -0.850. The van der Waals surface area contributed by atoms with Crippen LogP contribution in [-0.4, -0.2) is 6.29 Å². The summed E-state index contributed by atoms with van der Waals surface area (Å²) in [6, 6.07) is 0. The van der Waals surface area contributed by atoms with Gasteiger partial charge in [-0.25, -0.2) is 0 Å². The van der Waals surface area contributed by atoms with Crippen molar-refractivity contribution in [1.82, 2.24) is 0 Å². The molecule has 0 aliphatic rings. The average molecular weight is 194 g/mol. The molecular formula is C13H22O. The van der Waals surface area contributed by atoms with Crippen molar-refractivity contribution in [2.75, 3.05) is 0 Å². The SMILES string of the molecule is C/C=C\C=C/C(C)CCCCCC=O. The second-order valence-corrected chi connectivity index (χ2v) is 3.69. The summed E-state index contributed by atoms with van der Waals surface area (Å²) in [6.45, 7) is 4.26. The molecule has 0 bridgehead atoms. The lowest BCUT2D eigenvalue weighted by molar-refractivity contribution is -0.107. The molecule has 1 nitrogen and oxygen atoms in total. The van der Waals surface area contributed by atoms with Crippen LogP contribution in [0.2, 0.25) is 0 Å². The van der Waals surface area contributed by atoms with E-state index in [9.17, 15) is 4.79 Å². The summed E-state index contributed by atoms with van der Waals surface area (Å²) in [4.78, 5) is 10.1. The molecule has 0 heterocycles. The van der Waals surface area contributed by atoms with E-state index in [-0.39, 0.29) is 0 Å². The van der Waals surface area contributed by atoms with Crippen molar-refractivity contribution >= 4 is 6.29 Å². The minimum Gasteiger partial charge on any atom is -0.303 e. The summed E-state index contributed by atoms with van der Waals surface area (Å²) in [5, 5.41) is 0. The molecule has 1 unspecified atom stereocenters. The van der Waals surface area contributed by atoms with Gasteiger partial charge in [0.25, 0.3) is 0 Å². The summed E-state index contributed by atoms with van der Waals surface area (Å²) < 4.78 is 0. The van der Waals surface area contributed by atoms with Gasteiger partial charge in [-0.3, -0.25) is 0 Å². The molecule has 0 N–H and O–H groups in total. The first-order chi connectivity index (χ1) is 6.81. The number of hydrogen-bond acceptors (Lipinski definition) is 1. The summed E-state index contributed by atoms with van der Waals surface area (Å²) in [6.07, 6.45) is 14.9. The first-order valence-corrected chi connectivity index (χ1v) is 5.54. The average Bonchev–Trinajstić information content (AvgIpc) is 2.18. The number of carbonyl (C=O) groups excluding carboxylic acids is 1. The fraction of sp³-hybridized carbons (Fsp3) is 0.615. The van der Waals surface area contributed by atoms with Crippen LogP contribution in [0.5, 0.6) is 0 Å². The van der Waals surface area contributed by atoms with Crippen molar-refractivity contribution in [3.8, 4) is 0 Å². The third-order valence-electron chi connectivity index (χ3n) is 2.22. The van der Waals surface area contributed by atoms with Crippen LogP contribution >= 0.6 is 0 Å². The number of carbonyl (C=O) groups is 1. The van der Waals surface area contributed by atoms with Gasteiger partial charge in [0, 0.05) is 6.42 Å². The zero-order valence-electron chi connectivity index (χ0n) is 9.41. The largest absolute Gasteiger partial charge is 0.303 e. The molecule has 0 spiro atoms. The molecule has 14 heavy (non-hydrogen) atoms. The monoisotopic (exact) mass is 194 g/mol. The van der Waals surface area contributed by atoms with E-state index in [1.165, 1.54) is 19.3 Å². The Kier molecular flexibility index (Phi) is 9.61. The van der Waals surface area contributed by atoms with Crippen molar-refractivity contribution in [1.29, 1.82) is 0 Å². The standard InChI is InChI=1S/C13H22O/c1-3-4-7-10-13(2)11-8-5-6-9-12-14/h3-4,7,10,12-13H,5-6,8-9,11H2,1-2H3/b4-3-,10-7-. The van der Waals surface area contributed by atoms with E-state index < -0.39 is 0 Å². The molecule has 80 valence electrons. The van der Waals surface area contributed by atoms with Crippen LogP contribution in [0.4, 0.5) is 0 Å². The molecule has 0 amide bonds. The van der Waals surface area contributed by atoms with Gasteiger partial charge in [0.2, 0.25) is 0 Å². The molecular weight excluding hydrogens is 172 g/mol. The van der Waals surface area contributed by atoms with E-state index in [0.29, 0.717) is 5.92 Å². The van der Waals surface area contributed by atoms with E-state index >= 15 is 0 Å². The lowest BCUT2D eigenvalue weighted by Gasteiger charge is -2.04. The third kappa shape index (κ3) is 9.24.